The quantitative estimate of drug-likeness (QED) is 0.497. The van der Waals surface area contributed by atoms with E-state index < -0.39 is 0 Å². The lowest BCUT2D eigenvalue weighted by molar-refractivity contribution is 0.209. The van der Waals surface area contributed by atoms with Crippen molar-refractivity contribution in [1.29, 1.82) is 0 Å². The van der Waals surface area contributed by atoms with E-state index in [-0.39, 0.29) is 12.6 Å². The van der Waals surface area contributed by atoms with Gasteiger partial charge in [-0.3, -0.25) is 4.39 Å². The van der Waals surface area contributed by atoms with E-state index in [2.05, 4.69) is 58.4 Å². The van der Waals surface area contributed by atoms with Gasteiger partial charge in [0.15, 0.2) is 0 Å². The maximum Gasteiger partial charge on any atom is 0.247 e. The first-order chi connectivity index (χ1) is 15.2. The molecule has 0 amide bonds. The minimum Gasteiger partial charge on any atom is -0.494 e. The molecule has 0 bridgehead atoms. The van der Waals surface area contributed by atoms with E-state index >= 15 is 0 Å². The Hall–Kier alpha value is -2.89. The summed E-state index contributed by atoms with van der Waals surface area (Å²) >= 11 is 0. The standard InChI is InChI=1S/C25H30FN3O2/c1-19-14-16-29(18-19)22-10-8-21(9-11-22)25-28-27-24(31-25)13-7-20-4-2-5-23(12-6-20)30-17-3-15-26/h2,4-6,8-12,19-20H,3,7,13-18H2,1H3. The van der Waals surface area contributed by atoms with Gasteiger partial charge in [0.25, 0.3) is 0 Å². The van der Waals surface area contributed by atoms with Crippen molar-refractivity contribution < 1.29 is 13.5 Å². The lowest BCUT2D eigenvalue weighted by Gasteiger charge is -2.18. The minimum atomic E-state index is -0.358. The summed E-state index contributed by atoms with van der Waals surface area (Å²) < 4.78 is 23.7. The molecule has 1 saturated heterocycles. The molecule has 2 unspecified atom stereocenters. The zero-order valence-electron chi connectivity index (χ0n) is 18.0. The third-order valence-electron chi connectivity index (χ3n) is 5.73. The van der Waals surface area contributed by atoms with Crippen LogP contribution in [0.15, 0.2) is 64.8 Å². The van der Waals surface area contributed by atoms with Crippen LogP contribution in [-0.4, -0.2) is 36.6 Å². The SMILES string of the molecule is CC1CCN(c2ccc(-c3nnc(CCC4C=CC=C(OCCCF)C=C4)o3)cc2)C1. The number of ether oxygens (including phenoxy) is 1. The normalized spacial score (nSPS) is 20.7. The first-order valence-electron chi connectivity index (χ1n) is 11.1. The smallest absolute Gasteiger partial charge is 0.247 e. The van der Waals surface area contributed by atoms with Gasteiger partial charge in [0.2, 0.25) is 11.8 Å². The van der Waals surface area contributed by atoms with Crippen molar-refractivity contribution in [3.05, 3.63) is 66.3 Å². The Morgan fingerprint density at radius 3 is 2.84 bits per heavy atom. The fourth-order valence-corrected chi connectivity index (χ4v) is 3.91. The minimum absolute atomic E-state index is 0.260. The summed E-state index contributed by atoms with van der Waals surface area (Å²) in [6, 6.07) is 8.39. The molecular formula is C25H30FN3O2. The molecule has 0 radical (unpaired) electrons. The lowest BCUT2D eigenvalue weighted by atomic mass is 10.0. The zero-order valence-corrected chi connectivity index (χ0v) is 18.0. The highest BCUT2D eigenvalue weighted by Gasteiger charge is 2.19. The fraction of sp³-hybridized carbons (Fsp3) is 0.440. The number of rotatable bonds is 9. The monoisotopic (exact) mass is 423 g/mol. The summed E-state index contributed by atoms with van der Waals surface area (Å²) in [4.78, 5) is 2.42. The van der Waals surface area contributed by atoms with Crippen molar-refractivity contribution in [2.75, 3.05) is 31.3 Å². The van der Waals surface area contributed by atoms with E-state index in [4.69, 9.17) is 9.15 Å². The van der Waals surface area contributed by atoms with Crippen LogP contribution in [-0.2, 0) is 11.2 Å². The van der Waals surface area contributed by atoms with E-state index in [1.807, 2.05) is 18.2 Å². The van der Waals surface area contributed by atoms with Crippen LogP contribution in [0.2, 0.25) is 0 Å². The molecule has 31 heavy (non-hydrogen) atoms. The van der Waals surface area contributed by atoms with E-state index in [1.165, 1.54) is 12.1 Å². The van der Waals surface area contributed by atoms with Crippen LogP contribution in [0.25, 0.3) is 11.5 Å². The molecule has 0 N–H and O–H groups in total. The van der Waals surface area contributed by atoms with E-state index in [0.717, 1.165) is 36.8 Å². The van der Waals surface area contributed by atoms with Gasteiger partial charge >= 0.3 is 0 Å². The van der Waals surface area contributed by atoms with Gasteiger partial charge in [-0.05, 0) is 61.1 Å². The number of aromatic nitrogens is 2. The molecule has 2 heterocycles. The maximum absolute atomic E-state index is 12.2. The number of allylic oxidation sites excluding steroid dienone is 5. The number of alkyl halides is 1. The van der Waals surface area contributed by atoms with Crippen molar-refractivity contribution in [2.24, 2.45) is 11.8 Å². The first-order valence-corrected chi connectivity index (χ1v) is 11.1. The fourth-order valence-electron chi connectivity index (χ4n) is 3.91. The molecule has 164 valence electrons. The van der Waals surface area contributed by atoms with Gasteiger partial charge < -0.3 is 14.1 Å². The van der Waals surface area contributed by atoms with Crippen LogP contribution < -0.4 is 4.90 Å². The summed E-state index contributed by atoms with van der Waals surface area (Å²) in [7, 11) is 0. The molecule has 2 aromatic rings. The van der Waals surface area contributed by atoms with Crippen molar-refractivity contribution in [1.82, 2.24) is 10.2 Å². The van der Waals surface area contributed by atoms with Crippen LogP contribution in [0, 0.1) is 11.8 Å². The molecule has 1 aromatic heterocycles. The Balaban J connectivity index is 1.29. The highest BCUT2D eigenvalue weighted by atomic mass is 19.1. The molecule has 1 aliphatic carbocycles. The molecule has 2 atom stereocenters. The molecule has 2 aliphatic rings. The molecule has 0 saturated carbocycles. The number of aryl methyl sites for hydroxylation is 1. The summed E-state index contributed by atoms with van der Waals surface area (Å²) in [6.45, 7) is 4.58. The third kappa shape index (κ3) is 5.84. The average molecular weight is 424 g/mol. The van der Waals surface area contributed by atoms with E-state index in [0.29, 0.717) is 31.2 Å². The Bertz CT molecular complexity index is 932. The van der Waals surface area contributed by atoms with E-state index in [9.17, 15) is 4.39 Å². The summed E-state index contributed by atoms with van der Waals surface area (Å²) in [5.41, 5.74) is 2.20. The topological polar surface area (TPSA) is 51.4 Å². The second kappa shape index (κ2) is 10.4. The Labute approximate surface area is 183 Å². The number of nitrogens with zero attached hydrogens (tertiary/aromatic N) is 3. The highest BCUT2D eigenvalue weighted by molar-refractivity contribution is 5.59. The zero-order chi connectivity index (χ0) is 21.5. The van der Waals surface area contributed by atoms with Crippen molar-refractivity contribution >= 4 is 5.69 Å². The van der Waals surface area contributed by atoms with Crippen molar-refractivity contribution in [3.63, 3.8) is 0 Å². The third-order valence-corrected chi connectivity index (χ3v) is 5.73. The molecule has 0 spiro atoms. The van der Waals surface area contributed by atoms with Crippen LogP contribution in [0.4, 0.5) is 10.1 Å². The molecule has 1 fully saturated rings. The predicted octanol–water partition coefficient (Wildman–Crippen LogP) is 5.52. The molecule has 5 nitrogen and oxygen atoms in total. The lowest BCUT2D eigenvalue weighted by Crippen LogP contribution is -2.18. The van der Waals surface area contributed by atoms with Gasteiger partial charge in [0, 0.05) is 37.2 Å². The van der Waals surface area contributed by atoms with Gasteiger partial charge in [-0.1, -0.05) is 25.2 Å². The second-order valence-electron chi connectivity index (χ2n) is 8.29. The highest BCUT2D eigenvalue weighted by Crippen LogP contribution is 2.27. The van der Waals surface area contributed by atoms with Crippen molar-refractivity contribution in [3.8, 4) is 11.5 Å². The summed E-state index contributed by atoms with van der Waals surface area (Å²) in [5.74, 6) is 2.99. The van der Waals surface area contributed by atoms with Gasteiger partial charge in [0.1, 0.15) is 5.76 Å². The van der Waals surface area contributed by atoms with E-state index in [1.54, 1.807) is 0 Å². The van der Waals surface area contributed by atoms with Gasteiger partial charge in [0.05, 0.1) is 13.3 Å². The predicted molar refractivity (Wildman–Crippen MR) is 120 cm³/mol. The number of hydrogen-bond donors (Lipinski definition) is 0. The Kier molecular flexibility index (Phi) is 7.18. The maximum atomic E-state index is 12.2. The second-order valence-corrected chi connectivity index (χ2v) is 8.29. The number of hydrogen-bond acceptors (Lipinski definition) is 5. The van der Waals surface area contributed by atoms with Crippen LogP contribution in [0.5, 0.6) is 0 Å². The van der Waals surface area contributed by atoms with Crippen LogP contribution in [0.1, 0.15) is 32.1 Å². The Morgan fingerprint density at radius 2 is 2.06 bits per heavy atom. The van der Waals surface area contributed by atoms with Gasteiger partial charge in [-0.2, -0.15) is 0 Å². The Morgan fingerprint density at radius 1 is 1.19 bits per heavy atom. The molecule has 1 aromatic carbocycles. The van der Waals surface area contributed by atoms with Crippen molar-refractivity contribution in [2.45, 2.75) is 32.6 Å². The molecule has 1 aliphatic heterocycles. The molecule has 6 heteroatoms. The van der Waals surface area contributed by atoms with Gasteiger partial charge in [-0.25, -0.2) is 0 Å². The first kappa shape index (κ1) is 21.3. The van der Waals surface area contributed by atoms with Crippen LogP contribution >= 0.6 is 0 Å². The number of halogens is 1. The number of benzene rings is 1. The number of anilines is 1. The van der Waals surface area contributed by atoms with Gasteiger partial charge in [-0.15, -0.1) is 10.2 Å². The van der Waals surface area contributed by atoms with Crippen LogP contribution in [0.3, 0.4) is 0 Å². The largest absolute Gasteiger partial charge is 0.494 e. The molecule has 4 rings (SSSR count). The molecular weight excluding hydrogens is 393 g/mol. The summed E-state index contributed by atoms with van der Waals surface area (Å²) in [6.07, 6.45) is 13.3. The average Bonchev–Trinajstić information content (AvgIpc) is 3.38. The summed E-state index contributed by atoms with van der Waals surface area (Å²) in [5, 5.41) is 8.46.